The minimum Gasteiger partial charge on any atom is -0.408 e. The lowest BCUT2D eigenvalue weighted by Gasteiger charge is -2.17. The maximum atomic E-state index is 11.4. The fraction of sp³-hybridized carbons (Fsp3) is 0.273. The Morgan fingerprint density at radius 1 is 1.41 bits per heavy atom. The van der Waals surface area contributed by atoms with Crippen LogP contribution >= 0.6 is 0 Å². The molecular weight excluding hydrogens is 222 g/mol. The van der Waals surface area contributed by atoms with Crippen LogP contribution in [0.2, 0.25) is 0 Å². The number of amides is 2. The predicted molar refractivity (Wildman–Crippen MR) is 60.7 cm³/mol. The first-order valence-electron chi connectivity index (χ1n) is 5.28. The zero-order chi connectivity index (χ0) is 12.0. The van der Waals surface area contributed by atoms with Crippen LogP contribution in [0.25, 0.3) is 11.1 Å². The Kier molecular flexibility index (Phi) is 1.98. The molecule has 0 radical (unpaired) electrons. The number of nitrogens with zero attached hydrogens (tertiary/aromatic N) is 1. The van der Waals surface area contributed by atoms with E-state index in [9.17, 15) is 9.59 Å². The molecule has 0 bridgehead atoms. The quantitative estimate of drug-likeness (QED) is 0.765. The summed E-state index contributed by atoms with van der Waals surface area (Å²) in [6.45, 7) is 0.565. The number of oxazole rings is 1. The lowest BCUT2D eigenvalue weighted by atomic mass is 10.1. The van der Waals surface area contributed by atoms with Gasteiger partial charge in [0.25, 0.3) is 0 Å². The number of aromatic amines is 1. The highest BCUT2D eigenvalue weighted by atomic mass is 16.4. The van der Waals surface area contributed by atoms with Crippen molar-refractivity contribution in [3.63, 3.8) is 0 Å². The lowest BCUT2D eigenvalue weighted by Crippen LogP contribution is -2.25. The number of rotatable bonds is 1. The number of carbonyl (C=O) groups is 1. The summed E-state index contributed by atoms with van der Waals surface area (Å²) in [4.78, 5) is 26.6. The highest BCUT2D eigenvalue weighted by molar-refractivity contribution is 5.78. The number of fused-ring (bicyclic) bond motifs is 1. The fourth-order valence-electron chi connectivity index (χ4n) is 2.10. The Balaban J connectivity index is 2.06. The molecule has 0 aliphatic carbocycles. The maximum absolute atomic E-state index is 11.4. The monoisotopic (exact) mass is 233 g/mol. The van der Waals surface area contributed by atoms with Gasteiger partial charge in [0.15, 0.2) is 5.58 Å². The van der Waals surface area contributed by atoms with Gasteiger partial charge in [-0.25, -0.2) is 9.59 Å². The van der Waals surface area contributed by atoms with Gasteiger partial charge in [0.05, 0.1) is 11.6 Å². The van der Waals surface area contributed by atoms with Gasteiger partial charge in [-0.1, -0.05) is 6.07 Å². The molecule has 2 N–H and O–H groups in total. The number of benzene rings is 1. The van der Waals surface area contributed by atoms with Gasteiger partial charge >= 0.3 is 11.8 Å². The van der Waals surface area contributed by atoms with Crippen LogP contribution in [-0.2, 0) is 0 Å². The second-order valence-corrected chi connectivity index (χ2v) is 4.08. The summed E-state index contributed by atoms with van der Waals surface area (Å²) in [5, 5.41) is 2.76. The van der Waals surface area contributed by atoms with E-state index in [4.69, 9.17) is 4.42 Å². The zero-order valence-corrected chi connectivity index (χ0v) is 9.19. The van der Waals surface area contributed by atoms with E-state index in [0.29, 0.717) is 17.6 Å². The highest BCUT2D eigenvalue weighted by Gasteiger charge is 2.28. The fourth-order valence-corrected chi connectivity index (χ4v) is 2.10. The topological polar surface area (TPSA) is 78.3 Å². The Morgan fingerprint density at radius 3 is 2.94 bits per heavy atom. The summed E-state index contributed by atoms with van der Waals surface area (Å²) in [5.74, 6) is -0.467. The van der Waals surface area contributed by atoms with E-state index in [1.807, 2.05) is 6.07 Å². The molecule has 0 saturated carbocycles. The van der Waals surface area contributed by atoms with Crippen molar-refractivity contribution in [2.75, 3.05) is 13.6 Å². The number of likely N-dealkylation sites (N-methyl/N-ethyl adjacent to an activating group) is 1. The minimum absolute atomic E-state index is 0.0212. The van der Waals surface area contributed by atoms with E-state index >= 15 is 0 Å². The third kappa shape index (κ3) is 1.49. The molecule has 1 fully saturated rings. The summed E-state index contributed by atoms with van der Waals surface area (Å²) in [7, 11) is 1.74. The van der Waals surface area contributed by atoms with Crippen LogP contribution in [0.3, 0.4) is 0 Å². The van der Waals surface area contributed by atoms with E-state index in [-0.39, 0.29) is 12.1 Å². The van der Waals surface area contributed by atoms with Crippen molar-refractivity contribution >= 4 is 17.1 Å². The van der Waals surface area contributed by atoms with Gasteiger partial charge in [0.2, 0.25) is 0 Å². The molecule has 6 heteroatoms. The van der Waals surface area contributed by atoms with Crippen molar-refractivity contribution in [1.29, 1.82) is 0 Å². The Morgan fingerprint density at radius 2 is 2.24 bits per heavy atom. The highest BCUT2D eigenvalue weighted by Crippen LogP contribution is 2.25. The number of carbonyl (C=O) groups excluding carboxylic acids is 1. The molecule has 17 heavy (non-hydrogen) atoms. The van der Waals surface area contributed by atoms with E-state index in [1.165, 1.54) is 0 Å². The molecule has 3 rings (SSSR count). The third-order valence-corrected chi connectivity index (χ3v) is 3.06. The molecule has 2 amide bonds. The molecule has 1 unspecified atom stereocenters. The Bertz CT molecular complexity index is 643. The number of nitrogens with one attached hydrogen (secondary N) is 2. The van der Waals surface area contributed by atoms with Crippen molar-refractivity contribution in [2.24, 2.45) is 0 Å². The van der Waals surface area contributed by atoms with Crippen LogP contribution in [0, 0.1) is 0 Å². The van der Waals surface area contributed by atoms with Crippen LogP contribution in [-0.4, -0.2) is 29.5 Å². The third-order valence-electron chi connectivity index (χ3n) is 3.06. The molecular formula is C11H11N3O3. The molecule has 2 aromatic rings. The first-order chi connectivity index (χ1) is 8.15. The molecule has 1 aliphatic rings. The molecule has 0 spiro atoms. The molecule has 1 atom stereocenters. The van der Waals surface area contributed by atoms with Crippen molar-refractivity contribution in [3.05, 3.63) is 34.3 Å². The molecule has 2 heterocycles. The molecule has 88 valence electrons. The van der Waals surface area contributed by atoms with E-state index < -0.39 is 5.76 Å². The lowest BCUT2D eigenvalue weighted by molar-refractivity contribution is 0.217. The molecule has 1 aromatic heterocycles. The predicted octanol–water partition coefficient (Wildman–Crippen LogP) is 0.817. The Hall–Kier alpha value is -2.24. The van der Waals surface area contributed by atoms with Crippen LogP contribution < -0.4 is 11.1 Å². The molecule has 1 aliphatic heterocycles. The van der Waals surface area contributed by atoms with Gasteiger partial charge < -0.3 is 14.6 Å². The first kappa shape index (κ1) is 9.95. The summed E-state index contributed by atoms with van der Waals surface area (Å²) < 4.78 is 5.00. The van der Waals surface area contributed by atoms with Gasteiger partial charge in [0, 0.05) is 13.6 Å². The standard InChI is InChI=1S/C11H11N3O3/c1-14-8(5-12-10(14)15)6-2-3-7-9(4-6)17-11(16)13-7/h2-4,8H,5H2,1H3,(H,12,15)(H,13,16). The minimum atomic E-state index is -0.467. The Labute approximate surface area is 96.2 Å². The van der Waals surface area contributed by atoms with Crippen molar-refractivity contribution in [2.45, 2.75) is 6.04 Å². The van der Waals surface area contributed by atoms with Crippen LogP contribution in [0.1, 0.15) is 11.6 Å². The summed E-state index contributed by atoms with van der Waals surface area (Å²) >= 11 is 0. The normalized spacial score (nSPS) is 19.9. The summed E-state index contributed by atoms with van der Waals surface area (Å²) in [5.41, 5.74) is 2.13. The van der Waals surface area contributed by atoms with E-state index in [1.54, 1.807) is 24.1 Å². The van der Waals surface area contributed by atoms with Gasteiger partial charge in [0.1, 0.15) is 0 Å². The molecule has 1 saturated heterocycles. The average Bonchev–Trinajstić information content (AvgIpc) is 2.81. The van der Waals surface area contributed by atoms with Gasteiger partial charge in [-0.3, -0.25) is 4.98 Å². The van der Waals surface area contributed by atoms with Crippen molar-refractivity contribution in [1.82, 2.24) is 15.2 Å². The van der Waals surface area contributed by atoms with Crippen LogP contribution in [0.4, 0.5) is 4.79 Å². The number of hydrogen-bond donors (Lipinski definition) is 2. The van der Waals surface area contributed by atoms with Crippen molar-refractivity contribution in [3.8, 4) is 0 Å². The molecule has 1 aromatic carbocycles. The van der Waals surface area contributed by atoms with Crippen LogP contribution in [0.5, 0.6) is 0 Å². The zero-order valence-electron chi connectivity index (χ0n) is 9.19. The van der Waals surface area contributed by atoms with Gasteiger partial charge in [-0.15, -0.1) is 0 Å². The maximum Gasteiger partial charge on any atom is 0.417 e. The molecule has 6 nitrogen and oxygen atoms in total. The average molecular weight is 233 g/mol. The SMILES string of the molecule is CN1C(=O)NCC1c1ccc2[nH]c(=O)oc2c1. The van der Waals surface area contributed by atoms with Gasteiger partial charge in [-0.2, -0.15) is 0 Å². The van der Waals surface area contributed by atoms with E-state index in [0.717, 1.165) is 5.56 Å². The second-order valence-electron chi connectivity index (χ2n) is 4.08. The number of hydrogen-bond acceptors (Lipinski definition) is 3. The first-order valence-corrected chi connectivity index (χ1v) is 5.28. The van der Waals surface area contributed by atoms with Crippen LogP contribution in [0.15, 0.2) is 27.4 Å². The summed E-state index contributed by atoms with van der Waals surface area (Å²) in [6, 6.07) is 5.34. The van der Waals surface area contributed by atoms with E-state index in [2.05, 4.69) is 10.3 Å². The largest absolute Gasteiger partial charge is 0.417 e. The summed E-state index contributed by atoms with van der Waals surface area (Å²) in [6.07, 6.45) is 0. The van der Waals surface area contributed by atoms with Gasteiger partial charge in [-0.05, 0) is 17.7 Å². The number of urea groups is 1. The second kappa shape index (κ2) is 3.38. The van der Waals surface area contributed by atoms with Crippen molar-refractivity contribution < 1.29 is 9.21 Å². The smallest absolute Gasteiger partial charge is 0.408 e. The number of H-pyrrole nitrogens is 1. The number of aromatic nitrogens is 1.